The summed E-state index contributed by atoms with van der Waals surface area (Å²) in [4.78, 5) is 0. The van der Waals surface area contributed by atoms with Crippen LogP contribution in [0.2, 0.25) is 0 Å². The Morgan fingerprint density at radius 3 is 2.63 bits per heavy atom. The standard InChI is InChI=1S/C16H27NO2/c1-3-15(18)10-8-6-4-5-7-9-14-11-12-16(19)13(2)17-14/h4-9,13-19H,3,10-12H2,1-2H3/b5-4+,8-6+,9-7+/t13-,14+,15?,16+/m0/s1. The van der Waals surface area contributed by atoms with Gasteiger partial charge in [-0.15, -0.1) is 0 Å². The fourth-order valence-electron chi connectivity index (χ4n) is 2.09. The summed E-state index contributed by atoms with van der Waals surface area (Å²) in [6.07, 6.45) is 15.0. The molecule has 0 aliphatic carbocycles. The van der Waals surface area contributed by atoms with Gasteiger partial charge in [0.15, 0.2) is 0 Å². The fraction of sp³-hybridized carbons (Fsp3) is 0.625. The summed E-state index contributed by atoms with van der Waals surface area (Å²) in [5.74, 6) is 0. The van der Waals surface area contributed by atoms with E-state index in [4.69, 9.17) is 0 Å². The molecular weight excluding hydrogens is 238 g/mol. The molecule has 0 aromatic heterocycles. The van der Waals surface area contributed by atoms with Crippen molar-refractivity contribution in [2.45, 2.75) is 63.8 Å². The second kappa shape index (κ2) is 9.08. The maximum absolute atomic E-state index is 9.60. The number of aliphatic hydroxyl groups is 2. The Labute approximate surface area is 116 Å². The number of allylic oxidation sites excluding steroid dienone is 4. The van der Waals surface area contributed by atoms with Gasteiger partial charge in [0.1, 0.15) is 0 Å². The van der Waals surface area contributed by atoms with E-state index in [2.05, 4.69) is 11.4 Å². The number of piperidine rings is 1. The maximum atomic E-state index is 9.60. The lowest BCUT2D eigenvalue weighted by molar-refractivity contribution is 0.0943. The minimum absolute atomic E-state index is 0.169. The van der Waals surface area contributed by atoms with Gasteiger partial charge < -0.3 is 15.5 Å². The highest BCUT2D eigenvalue weighted by Crippen LogP contribution is 2.13. The highest BCUT2D eigenvalue weighted by atomic mass is 16.3. The molecule has 3 nitrogen and oxygen atoms in total. The molecule has 1 heterocycles. The normalized spacial score (nSPS) is 30.6. The molecule has 0 bridgehead atoms. The van der Waals surface area contributed by atoms with Gasteiger partial charge in [-0.1, -0.05) is 43.4 Å². The van der Waals surface area contributed by atoms with E-state index < -0.39 is 0 Å². The van der Waals surface area contributed by atoms with Crippen LogP contribution >= 0.6 is 0 Å². The highest BCUT2D eigenvalue weighted by Gasteiger charge is 2.22. The van der Waals surface area contributed by atoms with E-state index >= 15 is 0 Å². The topological polar surface area (TPSA) is 52.5 Å². The molecule has 3 N–H and O–H groups in total. The van der Waals surface area contributed by atoms with Crippen molar-refractivity contribution in [1.82, 2.24) is 5.32 Å². The molecule has 0 spiro atoms. The minimum Gasteiger partial charge on any atom is -0.393 e. The average molecular weight is 265 g/mol. The Bertz CT molecular complexity index is 323. The Kier molecular flexibility index (Phi) is 7.72. The molecule has 1 aliphatic rings. The van der Waals surface area contributed by atoms with Crippen molar-refractivity contribution in [1.29, 1.82) is 0 Å². The van der Waals surface area contributed by atoms with Gasteiger partial charge in [0.2, 0.25) is 0 Å². The van der Waals surface area contributed by atoms with Crippen molar-refractivity contribution in [3.8, 4) is 0 Å². The Balaban J connectivity index is 2.22. The molecule has 0 saturated carbocycles. The third-order valence-electron chi connectivity index (χ3n) is 3.52. The van der Waals surface area contributed by atoms with Crippen molar-refractivity contribution >= 4 is 0 Å². The average Bonchev–Trinajstić information content (AvgIpc) is 2.41. The molecule has 1 saturated heterocycles. The minimum atomic E-state index is -0.223. The van der Waals surface area contributed by atoms with Gasteiger partial charge >= 0.3 is 0 Å². The number of rotatable bonds is 6. The van der Waals surface area contributed by atoms with Crippen LogP contribution in [0.5, 0.6) is 0 Å². The van der Waals surface area contributed by atoms with Gasteiger partial charge in [0.25, 0.3) is 0 Å². The summed E-state index contributed by atoms with van der Waals surface area (Å²) in [6.45, 7) is 3.99. The van der Waals surface area contributed by atoms with E-state index in [9.17, 15) is 10.2 Å². The summed E-state index contributed by atoms with van der Waals surface area (Å²) in [5.41, 5.74) is 0. The lowest BCUT2D eigenvalue weighted by Crippen LogP contribution is -2.47. The zero-order valence-corrected chi connectivity index (χ0v) is 12.0. The molecule has 3 heteroatoms. The SMILES string of the molecule is CCC(O)C/C=C/C=C/C=C/[C@@H]1CC[C@@H](O)[C@H](C)N1. The number of nitrogens with one attached hydrogen (secondary N) is 1. The Morgan fingerprint density at radius 1 is 1.21 bits per heavy atom. The van der Waals surface area contributed by atoms with E-state index in [-0.39, 0.29) is 18.2 Å². The van der Waals surface area contributed by atoms with Crippen molar-refractivity contribution in [2.24, 2.45) is 0 Å². The number of hydrogen-bond donors (Lipinski definition) is 3. The molecule has 108 valence electrons. The summed E-state index contributed by atoms with van der Waals surface area (Å²) in [5, 5.41) is 22.3. The van der Waals surface area contributed by atoms with Gasteiger partial charge in [-0.05, 0) is 32.6 Å². The van der Waals surface area contributed by atoms with Crippen LogP contribution in [0.1, 0.15) is 39.5 Å². The fourth-order valence-corrected chi connectivity index (χ4v) is 2.09. The molecule has 1 aliphatic heterocycles. The van der Waals surface area contributed by atoms with Crippen LogP contribution in [0.25, 0.3) is 0 Å². The summed E-state index contributed by atoms with van der Waals surface area (Å²) >= 11 is 0. The van der Waals surface area contributed by atoms with Crippen LogP contribution in [-0.2, 0) is 0 Å². The van der Waals surface area contributed by atoms with Crippen molar-refractivity contribution in [3.63, 3.8) is 0 Å². The van der Waals surface area contributed by atoms with Crippen LogP contribution in [-0.4, -0.2) is 34.5 Å². The molecule has 0 radical (unpaired) electrons. The van der Waals surface area contributed by atoms with E-state index in [1.807, 2.05) is 44.2 Å². The van der Waals surface area contributed by atoms with Crippen molar-refractivity contribution in [3.05, 3.63) is 36.5 Å². The van der Waals surface area contributed by atoms with E-state index in [0.29, 0.717) is 12.5 Å². The molecule has 4 atom stereocenters. The van der Waals surface area contributed by atoms with Gasteiger partial charge in [0.05, 0.1) is 12.2 Å². The predicted molar refractivity (Wildman–Crippen MR) is 80.0 cm³/mol. The molecule has 0 amide bonds. The Morgan fingerprint density at radius 2 is 1.95 bits per heavy atom. The van der Waals surface area contributed by atoms with E-state index in [1.165, 1.54) is 0 Å². The van der Waals surface area contributed by atoms with Gasteiger partial charge in [-0.25, -0.2) is 0 Å². The highest BCUT2D eigenvalue weighted by molar-refractivity contribution is 5.13. The lowest BCUT2D eigenvalue weighted by atomic mass is 9.96. The summed E-state index contributed by atoms with van der Waals surface area (Å²) in [6, 6.07) is 0.525. The first kappa shape index (κ1) is 16.2. The third kappa shape index (κ3) is 6.71. The van der Waals surface area contributed by atoms with Crippen LogP contribution in [0, 0.1) is 0 Å². The van der Waals surface area contributed by atoms with Crippen LogP contribution in [0.3, 0.4) is 0 Å². The largest absolute Gasteiger partial charge is 0.393 e. The molecular formula is C16H27NO2. The van der Waals surface area contributed by atoms with Crippen LogP contribution < -0.4 is 5.32 Å². The van der Waals surface area contributed by atoms with E-state index in [1.54, 1.807) is 0 Å². The molecule has 19 heavy (non-hydrogen) atoms. The second-order valence-electron chi connectivity index (χ2n) is 5.20. The van der Waals surface area contributed by atoms with E-state index in [0.717, 1.165) is 19.3 Å². The lowest BCUT2D eigenvalue weighted by Gasteiger charge is -2.31. The number of hydrogen-bond acceptors (Lipinski definition) is 3. The van der Waals surface area contributed by atoms with Crippen LogP contribution in [0.4, 0.5) is 0 Å². The predicted octanol–water partition coefficient (Wildman–Crippen LogP) is 2.32. The molecule has 0 aromatic rings. The van der Waals surface area contributed by atoms with Crippen LogP contribution in [0.15, 0.2) is 36.5 Å². The Hall–Kier alpha value is -0.900. The quantitative estimate of drug-likeness (QED) is 0.646. The first-order valence-electron chi connectivity index (χ1n) is 7.25. The maximum Gasteiger partial charge on any atom is 0.0691 e. The van der Waals surface area contributed by atoms with Crippen molar-refractivity contribution in [2.75, 3.05) is 0 Å². The van der Waals surface area contributed by atoms with Gasteiger partial charge in [-0.2, -0.15) is 0 Å². The smallest absolute Gasteiger partial charge is 0.0691 e. The second-order valence-corrected chi connectivity index (χ2v) is 5.20. The van der Waals surface area contributed by atoms with Gasteiger partial charge in [-0.3, -0.25) is 0 Å². The third-order valence-corrected chi connectivity index (χ3v) is 3.52. The first-order valence-corrected chi connectivity index (χ1v) is 7.25. The van der Waals surface area contributed by atoms with Crippen molar-refractivity contribution < 1.29 is 10.2 Å². The summed E-state index contributed by atoms with van der Waals surface area (Å²) in [7, 11) is 0. The molecule has 1 fully saturated rings. The zero-order chi connectivity index (χ0) is 14.1. The van der Waals surface area contributed by atoms with Gasteiger partial charge in [0, 0.05) is 12.1 Å². The monoisotopic (exact) mass is 265 g/mol. The molecule has 1 unspecified atom stereocenters. The molecule has 1 rings (SSSR count). The first-order chi connectivity index (χ1) is 9.13. The zero-order valence-electron chi connectivity index (χ0n) is 12.0. The molecule has 0 aromatic carbocycles. The summed E-state index contributed by atoms with van der Waals surface area (Å²) < 4.78 is 0. The number of aliphatic hydroxyl groups excluding tert-OH is 2.